The van der Waals surface area contributed by atoms with Gasteiger partial charge in [0.15, 0.2) is 0 Å². The normalized spacial score (nSPS) is 14.1. The van der Waals surface area contributed by atoms with Crippen LogP contribution in [0.5, 0.6) is 5.75 Å². The molecular formula is C22H28N4O3. The SMILES string of the molecule is COc1ccccc1N1CCN(C(=O)c2cccc(C(=O)NCC(C)C)n2)CC1. The van der Waals surface area contributed by atoms with Crippen LogP contribution < -0.4 is 15.0 Å². The molecule has 1 aliphatic heterocycles. The van der Waals surface area contributed by atoms with E-state index in [9.17, 15) is 9.59 Å². The molecule has 1 fully saturated rings. The topological polar surface area (TPSA) is 74.8 Å². The van der Waals surface area contributed by atoms with Crippen molar-refractivity contribution in [1.82, 2.24) is 15.2 Å². The third kappa shape index (κ3) is 5.04. The quantitative estimate of drug-likeness (QED) is 0.812. The zero-order chi connectivity index (χ0) is 20.8. The first kappa shape index (κ1) is 20.6. The van der Waals surface area contributed by atoms with Gasteiger partial charge in [0.05, 0.1) is 12.8 Å². The van der Waals surface area contributed by atoms with Crippen molar-refractivity contribution < 1.29 is 14.3 Å². The Labute approximate surface area is 171 Å². The predicted octanol–water partition coefficient (Wildman–Crippen LogP) is 2.44. The smallest absolute Gasteiger partial charge is 0.272 e. The van der Waals surface area contributed by atoms with E-state index >= 15 is 0 Å². The van der Waals surface area contributed by atoms with Crippen LogP contribution in [-0.2, 0) is 0 Å². The van der Waals surface area contributed by atoms with Crippen molar-refractivity contribution in [2.24, 2.45) is 5.92 Å². The summed E-state index contributed by atoms with van der Waals surface area (Å²) in [6.07, 6.45) is 0. The number of carbonyl (C=O) groups is 2. The molecule has 0 spiro atoms. The Bertz CT molecular complexity index is 861. The highest BCUT2D eigenvalue weighted by atomic mass is 16.5. The molecule has 3 rings (SSSR count). The first-order valence-electron chi connectivity index (χ1n) is 9.92. The van der Waals surface area contributed by atoms with E-state index < -0.39 is 0 Å². The lowest BCUT2D eigenvalue weighted by atomic mass is 10.2. The van der Waals surface area contributed by atoms with Crippen molar-refractivity contribution in [3.05, 3.63) is 53.9 Å². The number of nitrogens with one attached hydrogen (secondary N) is 1. The Hall–Kier alpha value is -3.09. The van der Waals surface area contributed by atoms with Crippen LogP contribution in [0.2, 0.25) is 0 Å². The van der Waals surface area contributed by atoms with Crippen molar-refractivity contribution in [2.75, 3.05) is 44.7 Å². The Morgan fingerprint density at radius 2 is 1.72 bits per heavy atom. The van der Waals surface area contributed by atoms with Crippen LogP contribution in [0.1, 0.15) is 34.8 Å². The van der Waals surface area contributed by atoms with E-state index in [2.05, 4.69) is 15.2 Å². The van der Waals surface area contributed by atoms with Gasteiger partial charge in [-0.3, -0.25) is 9.59 Å². The van der Waals surface area contributed by atoms with Crippen molar-refractivity contribution in [1.29, 1.82) is 0 Å². The molecule has 29 heavy (non-hydrogen) atoms. The van der Waals surface area contributed by atoms with Crippen LogP contribution in [0.3, 0.4) is 0 Å². The second-order valence-electron chi connectivity index (χ2n) is 7.46. The van der Waals surface area contributed by atoms with E-state index in [0.717, 1.165) is 11.4 Å². The Balaban J connectivity index is 1.63. The Morgan fingerprint density at radius 1 is 1.03 bits per heavy atom. The number of carbonyl (C=O) groups excluding carboxylic acids is 2. The number of piperazine rings is 1. The zero-order valence-electron chi connectivity index (χ0n) is 17.2. The molecule has 1 N–H and O–H groups in total. The second kappa shape index (κ2) is 9.41. The molecule has 2 aromatic rings. The Morgan fingerprint density at radius 3 is 2.41 bits per heavy atom. The molecule has 1 saturated heterocycles. The molecule has 0 saturated carbocycles. The summed E-state index contributed by atoms with van der Waals surface area (Å²) < 4.78 is 5.44. The van der Waals surface area contributed by atoms with Gasteiger partial charge in [-0.15, -0.1) is 0 Å². The molecular weight excluding hydrogens is 368 g/mol. The van der Waals surface area contributed by atoms with Gasteiger partial charge in [0.1, 0.15) is 17.1 Å². The summed E-state index contributed by atoms with van der Waals surface area (Å²) in [5.41, 5.74) is 1.60. The number of aromatic nitrogens is 1. The van der Waals surface area contributed by atoms with E-state index in [1.165, 1.54) is 0 Å². The number of pyridine rings is 1. The molecule has 0 aliphatic carbocycles. The standard InChI is InChI=1S/C22H28N4O3/c1-16(2)15-23-21(27)17-7-6-8-18(24-17)22(28)26-13-11-25(12-14-26)19-9-4-5-10-20(19)29-3/h4-10,16H,11-15H2,1-3H3,(H,23,27). The number of rotatable bonds is 6. The average Bonchev–Trinajstić information content (AvgIpc) is 2.77. The fraction of sp³-hybridized carbons (Fsp3) is 0.409. The molecule has 2 amide bonds. The number of anilines is 1. The lowest BCUT2D eigenvalue weighted by Gasteiger charge is -2.36. The molecule has 0 atom stereocenters. The van der Waals surface area contributed by atoms with Crippen LogP contribution in [0.15, 0.2) is 42.5 Å². The third-order valence-corrected chi connectivity index (χ3v) is 4.86. The summed E-state index contributed by atoms with van der Waals surface area (Å²) in [5.74, 6) is 0.773. The molecule has 2 heterocycles. The van der Waals surface area contributed by atoms with Crippen molar-refractivity contribution in [3.8, 4) is 5.75 Å². The van der Waals surface area contributed by atoms with Gasteiger partial charge in [-0.1, -0.05) is 32.0 Å². The first-order valence-corrected chi connectivity index (χ1v) is 9.92. The maximum absolute atomic E-state index is 12.9. The van der Waals surface area contributed by atoms with Crippen LogP contribution in [0.25, 0.3) is 0 Å². The van der Waals surface area contributed by atoms with Gasteiger partial charge >= 0.3 is 0 Å². The number of hydrogen-bond acceptors (Lipinski definition) is 5. The van der Waals surface area contributed by atoms with Crippen LogP contribution in [-0.4, -0.2) is 61.5 Å². The van der Waals surface area contributed by atoms with Gasteiger partial charge in [-0.25, -0.2) is 4.98 Å². The minimum absolute atomic E-state index is 0.150. The molecule has 0 bridgehead atoms. The van der Waals surface area contributed by atoms with E-state index in [-0.39, 0.29) is 17.5 Å². The fourth-order valence-electron chi connectivity index (χ4n) is 3.27. The highest BCUT2D eigenvalue weighted by molar-refractivity contribution is 5.96. The minimum atomic E-state index is -0.255. The number of amides is 2. The van der Waals surface area contributed by atoms with Gasteiger partial charge in [-0.05, 0) is 30.2 Å². The highest BCUT2D eigenvalue weighted by Gasteiger charge is 2.25. The number of nitrogens with zero attached hydrogens (tertiary/aromatic N) is 3. The van der Waals surface area contributed by atoms with Crippen molar-refractivity contribution >= 4 is 17.5 Å². The molecule has 7 nitrogen and oxygen atoms in total. The average molecular weight is 396 g/mol. The monoisotopic (exact) mass is 396 g/mol. The first-order chi connectivity index (χ1) is 14.0. The van der Waals surface area contributed by atoms with Crippen LogP contribution in [0.4, 0.5) is 5.69 Å². The molecule has 1 aromatic carbocycles. The van der Waals surface area contributed by atoms with Gasteiger partial charge in [-0.2, -0.15) is 0 Å². The summed E-state index contributed by atoms with van der Waals surface area (Å²) in [7, 11) is 1.66. The van der Waals surface area contributed by atoms with Crippen LogP contribution >= 0.6 is 0 Å². The van der Waals surface area contributed by atoms with Gasteiger partial charge < -0.3 is 19.9 Å². The number of para-hydroxylation sites is 2. The van der Waals surface area contributed by atoms with Crippen molar-refractivity contribution in [3.63, 3.8) is 0 Å². The largest absolute Gasteiger partial charge is 0.495 e. The molecule has 1 aromatic heterocycles. The Kier molecular flexibility index (Phi) is 6.69. The summed E-state index contributed by atoms with van der Waals surface area (Å²) in [6.45, 7) is 7.21. The molecule has 1 aliphatic rings. The van der Waals surface area contributed by atoms with E-state index in [1.54, 1.807) is 30.2 Å². The maximum Gasteiger partial charge on any atom is 0.272 e. The van der Waals surface area contributed by atoms with E-state index in [1.807, 2.05) is 38.1 Å². The highest BCUT2D eigenvalue weighted by Crippen LogP contribution is 2.28. The van der Waals surface area contributed by atoms with Gasteiger partial charge in [0.2, 0.25) is 0 Å². The summed E-state index contributed by atoms with van der Waals surface area (Å²) >= 11 is 0. The fourth-order valence-corrected chi connectivity index (χ4v) is 3.27. The predicted molar refractivity (Wildman–Crippen MR) is 113 cm³/mol. The summed E-state index contributed by atoms with van der Waals surface area (Å²) in [5, 5.41) is 2.83. The molecule has 0 radical (unpaired) electrons. The van der Waals surface area contributed by atoms with Crippen LogP contribution in [0, 0.1) is 5.92 Å². The van der Waals surface area contributed by atoms with Crippen molar-refractivity contribution in [2.45, 2.75) is 13.8 Å². The number of methoxy groups -OCH3 is 1. The zero-order valence-corrected chi connectivity index (χ0v) is 17.2. The number of ether oxygens (including phenoxy) is 1. The van der Waals surface area contributed by atoms with E-state index in [4.69, 9.17) is 4.74 Å². The molecule has 154 valence electrons. The number of benzene rings is 1. The summed E-state index contributed by atoms with van der Waals surface area (Å²) in [4.78, 5) is 33.4. The second-order valence-corrected chi connectivity index (χ2v) is 7.46. The lowest BCUT2D eigenvalue weighted by molar-refractivity contribution is 0.0740. The summed E-state index contributed by atoms with van der Waals surface area (Å²) in [6, 6.07) is 12.9. The third-order valence-electron chi connectivity index (χ3n) is 4.86. The van der Waals surface area contributed by atoms with Gasteiger partial charge in [0.25, 0.3) is 11.8 Å². The minimum Gasteiger partial charge on any atom is -0.495 e. The maximum atomic E-state index is 12.9. The van der Waals surface area contributed by atoms with E-state index in [0.29, 0.717) is 44.3 Å². The number of hydrogen-bond donors (Lipinski definition) is 1. The van der Waals surface area contributed by atoms with Gasteiger partial charge in [0, 0.05) is 32.7 Å². The molecule has 0 unspecified atom stereocenters. The molecule has 7 heteroatoms. The lowest BCUT2D eigenvalue weighted by Crippen LogP contribution is -2.49.